The average molecular weight is 887 g/mol. The van der Waals surface area contributed by atoms with Gasteiger partial charge in [-0.3, -0.25) is 0 Å². The van der Waals surface area contributed by atoms with Gasteiger partial charge in [-0.05, 0) is 120 Å². The molecule has 2 spiro atoms. The quantitative estimate of drug-likeness (QED) is 0.171. The van der Waals surface area contributed by atoms with E-state index in [9.17, 15) is 0 Å². The highest BCUT2D eigenvalue weighted by Gasteiger charge is 2.53. The molecule has 0 fully saturated rings. The van der Waals surface area contributed by atoms with Crippen LogP contribution in [0.25, 0.3) is 72.0 Å². The molecule has 2 heterocycles. The van der Waals surface area contributed by atoms with E-state index >= 15 is 0 Å². The molecule has 70 heavy (non-hydrogen) atoms. The second kappa shape index (κ2) is 13.8. The van der Waals surface area contributed by atoms with Gasteiger partial charge in [0.05, 0.1) is 33.2 Å². The van der Waals surface area contributed by atoms with Gasteiger partial charge in [0.1, 0.15) is 0 Å². The highest BCUT2D eigenvalue weighted by Crippen LogP contribution is 2.65. The van der Waals surface area contributed by atoms with Gasteiger partial charge in [0.25, 0.3) is 0 Å². The van der Waals surface area contributed by atoms with Crippen molar-refractivity contribution in [2.45, 2.75) is 10.8 Å². The zero-order valence-corrected chi connectivity index (χ0v) is 38.1. The first-order valence-corrected chi connectivity index (χ1v) is 24.5. The molecule has 16 rings (SSSR count). The number of anilines is 3. The van der Waals surface area contributed by atoms with E-state index in [1.54, 1.807) is 0 Å². The molecular weight excluding hydrogens is 845 g/mol. The molecule has 0 N–H and O–H groups in total. The molecule has 4 aliphatic rings. The van der Waals surface area contributed by atoms with E-state index in [0.717, 1.165) is 17.1 Å². The Morgan fingerprint density at radius 2 is 0.729 bits per heavy atom. The summed E-state index contributed by atoms with van der Waals surface area (Å²) in [5.74, 6) is 0. The maximum atomic E-state index is 2.58. The molecule has 12 aromatic rings. The first-order chi connectivity index (χ1) is 34.8. The Morgan fingerprint density at radius 1 is 0.286 bits per heavy atom. The summed E-state index contributed by atoms with van der Waals surface area (Å²) in [5, 5.41) is 2.54. The Kier molecular flexibility index (Phi) is 7.51. The predicted octanol–water partition coefficient (Wildman–Crippen LogP) is 16.9. The van der Waals surface area contributed by atoms with E-state index in [-0.39, 0.29) is 0 Å². The van der Waals surface area contributed by atoms with E-state index in [1.165, 1.54) is 117 Å². The molecule has 2 heteroatoms. The van der Waals surface area contributed by atoms with E-state index in [1.807, 2.05) is 0 Å². The number of para-hydroxylation sites is 3. The van der Waals surface area contributed by atoms with Crippen LogP contribution >= 0.6 is 0 Å². The molecule has 1 aromatic heterocycles. The SMILES string of the molecule is c1ccc(-c2ccccc2N(c2ccc3c(c2)-n2c4ccccc4c4cccc(c42)C32c3ccccc3-c3ccccc32)c2ccc3c(c2)C2(c4ccccc4-c4ccccc42)c2ccccc2-3)cc1. The molecule has 0 amide bonds. The van der Waals surface area contributed by atoms with Gasteiger partial charge in [-0.1, -0.05) is 218 Å². The van der Waals surface area contributed by atoms with Gasteiger partial charge in [-0.2, -0.15) is 0 Å². The molecule has 1 aliphatic heterocycles. The van der Waals surface area contributed by atoms with E-state index in [2.05, 4.69) is 264 Å². The Morgan fingerprint density at radius 3 is 1.34 bits per heavy atom. The number of benzene rings is 11. The second-order valence-corrected chi connectivity index (χ2v) is 19.4. The minimum absolute atomic E-state index is 0.482. The standard InChI is InChI=1S/C68H42N2/c1-2-19-43(20-3-1)46-21-9-16-35-63(46)69(44-37-39-52-51-26-8-13-31-57(51)67(62(52)41-44)55-29-11-4-22-47(55)48-23-5-12-30-56(48)67)45-38-40-60-65(42-45)70-64-36-17-10-27-53(64)54-28-18-34-61(66(54)70)68(60)58-32-14-6-24-49(58)50-25-7-15-33-59(50)68/h1-42H. The molecule has 0 saturated heterocycles. The Bertz CT molecular complexity index is 4100. The minimum Gasteiger partial charge on any atom is -0.310 e. The molecular formula is C68H42N2. The number of hydrogen-bond donors (Lipinski definition) is 0. The fourth-order valence-corrected chi connectivity index (χ4v) is 13.9. The van der Waals surface area contributed by atoms with Crippen molar-refractivity contribution in [2.75, 3.05) is 4.90 Å². The van der Waals surface area contributed by atoms with Crippen molar-refractivity contribution in [3.8, 4) is 50.2 Å². The molecule has 0 atom stereocenters. The van der Waals surface area contributed by atoms with Crippen molar-refractivity contribution in [1.29, 1.82) is 0 Å². The summed E-state index contributed by atoms with van der Waals surface area (Å²) in [5.41, 5.74) is 26.8. The molecule has 0 bridgehead atoms. The normalized spacial score (nSPS) is 14.2. The summed E-state index contributed by atoms with van der Waals surface area (Å²) in [6, 6.07) is 96.1. The first-order valence-electron chi connectivity index (χ1n) is 24.5. The Labute approximate surface area is 406 Å². The second-order valence-electron chi connectivity index (χ2n) is 19.4. The van der Waals surface area contributed by atoms with Gasteiger partial charge in [-0.15, -0.1) is 0 Å². The smallest absolute Gasteiger partial charge is 0.0754 e. The van der Waals surface area contributed by atoms with Crippen molar-refractivity contribution < 1.29 is 0 Å². The van der Waals surface area contributed by atoms with Crippen LogP contribution in [0.2, 0.25) is 0 Å². The number of rotatable bonds is 4. The topological polar surface area (TPSA) is 8.17 Å². The lowest BCUT2D eigenvalue weighted by atomic mass is 9.65. The highest BCUT2D eigenvalue weighted by atomic mass is 15.1. The minimum atomic E-state index is -0.535. The summed E-state index contributed by atoms with van der Waals surface area (Å²) in [7, 11) is 0. The third kappa shape index (κ3) is 4.59. The third-order valence-corrected chi connectivity index (χ3v) is 16.4. The lowest BCUT2D eigenvalue weighted by molar-refractivity contribution is 0.748. The maximum absolute atomic E-state index is 2.58. The van der Waals surface area contributed by atoms with Gasteiger partial charge < -0.3 is 9.47 Å². The lowest BCUT2D eigenvalue weighted by Gasteiger charge is -2.40. The van der Waals surface area contributed by atoms with Crippen LogP contribution in [0.15, 0.2) is 255 Å². The fraction of sp³-hybridized carbons (Fsp3) is 0.0294. The molecule has 324 valence electrons. The van der Waals surface area contributed by atoms with Crippen molar-refractivity contribution in [2.24, 2.45) is 0 Å². The summed E-state index contributed by atoms with van der Waals surface area (Å²) < 4.78 is 2.58. The molecule has 3 aliphatic carbocycles. The van der Waals surface area contributed by atoms with E-state index < -0.39 is 10.8 Å². The molecule has 2 nitrogen and oxygen atoms in total. The van der Waals surface area contributed by atoms with Gasteiger partial charge >= 0.3 is 0 Å². The third-order valence-electron chi connectivity index (χ3n) is 16.4. The van der Waals surface area contributed by atoms with Crippen LogP contribution < -0.4 is 4.90 Å². The van der Waals surface area contributed by atoms with Crippen molar-refractivity contribution in [1.82, 2.24) is 4.57 Å². The predicted molar refractivity (Wildman–Crippen MR) is 288 cm³/mol. The summed E-state index contributed by atoms with van der Waals surface area (Å²) in [4.78, 5) is 2.54. The van der Waals surface area contributed by atoms with Crippen molar-refractivity contribution in [3.63, 3.8) is 0 Å². The van der Waals surface area contributed by atoms with E-state index in [0.29, 0.717) is 0 Å². The van der Waals surface area contributed by atoms with Gasteiger partial charge in [-0.25, -0.2) is 0 Å². The number of hydrogen-bond acceptors (Lipinski definition) is 1. The summed E-state index contributed by atoms with van der Waals surface area (Å²) >= 11 is 0. The zero-order valence-electron chi connectivity index (χ0n) is 38.1. The Hall–Kier alpha value is -8.98. The number of nitrogens with zero attached hydrogens (tertiary/aromatic N) is 2. The zero-order chi connectivity index (χ0) is 45.7. The van der Waals surface area contributed by atoms with Gasteiger partial charge in [0, 0.05) is 27.7 Å². The molecule has 0 saturated carbocycles. The van der Waals surface area contributed by atoms with Crippen LogP contribution in [-0.2, 0) is 10.8 Å². The molecule has 0 radical (unpaired) electrons. The molecule has 11 aromatic carbocycles. The largest absolute Gasteiger partial charge is 0.310 e. The van der Waals surface area contributed by atoms with Gasteiger partial charge in [0.15, 0.2) is 0 Å². The number of fused-ring (bicyclic) bond motifs is 22. The van der Waals surface area contributed by atoms with Crippen molar-refractivity contribution in [3.05, 3.63) is 299 Å². The maximum Gasteiger partial charge on any atom is 0.0754 e. The summed E-state index contributed by atoms with van der Waals surface area (Å²) in [6.07, 6.45) is 0. The Balaban J connectivity index is 1.02. The van der Waals surface area contributed by atoms with Crippen LogP contribution in [0.3, 0.4) is 0 Å². The monoisotopic (exact) mass is 886 g/mol. The average Bonchev–Trinajstić information content (AvgIpc) is 4.13. The van der Waals surface area contributed by atoms with Crippen LogP contribution in [0, 0.1) is 0 Å². The van der Waals surface area contributed by atoms with E-state index in [4.69, 9.17) is 0 Å². The first kappa shape index (κ1) is 38.0. The van der Waals surface area contributed by atoms with Crippen molar-refractivity contribution >= 4 is 38.9 Å². The van der Waals surface area contributed by atoms with Crippen LogP contribution in [0.4, 0.5) is 17.1 Å². The van der Waals surface area contributed by atoms with Crippen LogP contribution in [0.1, 0.15) is 44.5 Å². The summed E-state index contributed by atoms with van der Waals surface area (Å²) in [6.45, 7) is 0. The van der Waals surface area contributed by atoms with Crippen LogP contribution in [0.5, 0.6) is 0 Å². The van der Waals surface area contributed by atoms with Gasteiger partial charge in [0.2, 0.25) is 0 Å². The highest BCUT2D eigenvalue weighted by molar-refractivity contribution is 6.13. The molecule has 0 unspecified atom stereocenters. The fourth-order valence-electron chi connectivity index (χ4n) is 13.9. The lowest BCUT2D eigenvalue weighted by Crippen LogP contribution is -2.33. The number of aromatic nitrogens is 1. The van der Waals surface area contributed by atoms with Crippen LogP contribution in [-0.4, -0.2) is 4.57 Å².